The van der Waals surface area contributed by atoms with Gasteiger partial charge in [-0.1, -0.05) is 55.5 Å². The van der Waals surface area contributed by atoms with Gasteiger partial charge in [-0.15, -0.1) is 65.4 Å². The Morgan fingerprint density at radius 1 is 0.881 bits per heavy atom. The second kappa shape index (κ2) is 12.3. The zero-order chi connectivity index (χ0) is 30.4. The first kappa shape index (κ1) is 27.2. The number of benzene rings is 3. The number of aryl methyl sites for hydroxylation is 2. The molecular formula is C37H32IrN2OS-2. The minimum absolute atomic E-state index is 0. The van der Waals surface area contributed by atoms with Crippen LogP contribution in [-0.4, -0.2) is 9.97 Å². The zero-order valence-electron chi connectivity index (χ0n) is 26.2. The molecule has 213 valence electrons. The first-order valence-electron chi connectivity index (χ1n) is 14.6. The van der Waals surface area contributed by atoms with Crippen molar-refractivity contribution in [2.24, 2.45) is 5.41 Å². The number of aromatic nitrogens is 2. The van der Waals surface area contributed by atoms with Gasteiger partial charge in [-0.25, -0.2) is 0 Å². The predicted octanol–water partition coefficient (Wildman–Crippen LogP) is 10.4. The number of furan rings is 1. The maximum absolute atomic E-state index is 8.62. The molecule has 1 radical (unpaired) electrons. The molecule has 42 heavy (non-hydrogen) atoms. The fourth-order valence-corrected chi connectivity index (χ4v) is 5.79. The van der Waals surface area contributed by atoms with Crippen LogP contribution < -0.4 is 0 Å². The van der Waals surface area contributed by atoms with Crippen LogP contribution in [0.25, 0.3) is 54.5 Å². The molecule has 0 atom stereocenters. The van der Waals surface area contributed by atoms with E-state index in [0.717, 1.165) is 38.8 Å². The van der Waals surface area contributed by atoms with Gasteiger partial charge >= 0.3 is 0 Å². The first-order chi connectivity index (χ1) is 20.5. The summed E-state index contributed by atoms with van der Waals surface area (Å²) in [6.07, 6.45) is 2.05. The maximum atomic E-state index is 8.62. The van der Waals surface area contributed by atoms with Crippen LogP contribution in [0.3, 0.4) is 0 Å². The van der Waals surface area contributed by atoms with Gasteiger partial charge in [-0.3, -0.25) is 0 Å². The second-order valence-corrected chi connectivity index (χ2v) is 12.5. The third kappa shape index (κ3) is 6.55. The van der Waals surface area contributed by atoms with E-state index in [4.69, 9.17) is 7.16 Å². The maximum Gasteiger partial charge on any atom is 0.122 e. The molecule has 0 fully saturated rings. The zero-order valence-corrected chi connectivity index (χ0v) is 27.4. The Labute approximate surface area is 267 Å². The number of nitrogens with zero attached hydrogens (tertiary/aromatic N) is 2. The molecule has 7 aromatic rings. The molecule has 0 N–H and O–H groups in total. The molecule has 0 amide bonds. The molecule has 0 spiro atoms. The van der Waals surface area contributed by atoms with Crippen molar-refractivity contribution in [3.63, 3.8) is 0 Å². The van der Waals surface area contributed by atoms with E-state index in [-0.39, 0.29) is 20.1 Å². The van der Waals surface area contributed by atoms with E-state index in [0.29, 0.717) is 11.3 Å². The van der Waals surface area contributed by atoms with Crippen LogP contribution in [0.15, 0.2) is 95.7 Å². The van der Waals surface area contributed by atoms with E-state index in [2.05, 4.69) is 53.3 Å². The van der Waals surface area contributed by atoms with Gasteiger partial charge in [0, 0.05) is 50.2 Å². The van der Waals surface area contributed by atoms with Crippen molar-refractivity contribution in [2.45, 2.75) is 41.0 Å². The number of fused-ring (bicyclic) bond motifs is 4. The predicted molar refractivity (Wildman–Crippen MR) is 172 cm³/mol. The number of hydrogen-bond acceptors (Lipinski definition) is 4. The number of thiophene rings is 1. The summed E-state index contributed by atoms with van der Waals surface area (Å²) in [7, 11) is 0. The summed E-state index contributed by atoms with van der Waals surface area (Å²) < 4.78 is 24.7. The minimum Gasteiger partial charge on any atom is -0.501 e. The van der Waals surface area contributed by atoms with Crippen molar-refractivity contribution < 1.29 is 27.3 Å². The summed E-state index contributed by atoms with van der Waals surface area (Å²) in [4.78, 5) is 10.1. The Hall–Kier alpha value is -3.63. The number of rotatable bonds is 3. The quantitative estimate of drug-likeness (QED) is 0.169. The molecule has 0 bridgehead atoms. The normalized spacial score (nSPS) is 12.4. The van der Waals surface area contributed by atoms with Crippen molar-refractivity contribution in [3.8, 4) is 22.5 Å². The van der Waals surface area contributed by atoms with Crippen LogP contribution in [-0.2, 0) is 26.5 Å². The summed E-state index contributed by atoms with van der Waals surface area (Å²) in [6.45, 7) is 9.88. The molecule has 0 unspecified atom stereocenters. The Morgan fingerprint density at radius 3 is 2.48 bits per heavy atom. The fraction of sp³-hybridized carbons (Fsp3) is 0.189. The van der Waals surface area contributed by atoms with Crippen LogP contribution >= 0.6 is 11.3 Å². The van der Waals surface area contributed by atoms with Crippen LogP contribution in [0, 0.1) is 31.4 Å². The number of hydrogen-bond donors (Lipinski definition) is 0. The molecule has 4 aromatic heterocycles. The van der Waals surface area contributed by atoms with Crippen LogP contribution in [0.2, 0.25) is 0 Å². The molecule has 4 heterocycles. The largest absolute Gasteiger partial charge is 0.501 e. The van der Waals surface area contributed by atoms with E-state index >= 15 is 0 Å². The Balaban J connectivity index is 0.000000230. The summed E-state index contributed by atoms with van der Waals surface area (Å²) in [5.74, 6) is 0. The Kier molecular flexibility index (Phi) is 7.98. The second-order valence-electron chi connectivity index (χ2n) is 11.2. The van der Waals surface area contributed by atoms with Gasteiger partial charge in [0.1, 0.15) is 5.58 Å². The molecule has 0 aliphatic heterocycles. The van der Waals surface area contributed by atoms with E-state index in [9.17, 15) is 0 Å². The fourth-order valence-electron chi connectivity index (χ4n) is 4.86. The molecule has 0 aliphatic carbocycles. The van der Waals surface area contributed by atoms with E-state index in [1.165, 1.54) is 20.5 Å². The van der Waals surface area contributed by atoms with Gasteiger partial charge in [0.05, 0.1) is 5.58 Å². The molecule has 3 aromatic carbocycles. The molecule has 7 rings (SSSR count). The molecule has 5 heteroatoms. The van der Waals surface area contributed by atoms with E-state index in [1.54, 1.807) is 23.6 Å². The molecule has 0 saturated heterocycles. The van der Waals surface area contributed by atoms with Crippen LogP contribution in [0.5, 0.6) is 0 Å². The smallest absolute Gasteiger partial charge is 0.122 e. The summed E-state index contributed by atoms with van der Waals surface area (Å²) in [5, 5.41) is 3.32. The molecule has 0 aliphatic rings. The number of pyridine rings is 2. The topological polar surface area (TPSA) is 38.9 Å². The van der Waals surface area contributed by atoms with Gasteiger partial charge in [0.15, 0.2) is 0 Å². The Morgan fingerprint density at radius 2 is 1.74 bits per heavy atom. The van der Waals surface area contributed by atoms with Crippen LogP contribution in [0.1, 0.15) is 39.5 Å². The van der Waals surface area contributed by atoms with E-state index < -0.39 is 11.8 Å². The average molecular weight is 747 g/mol. The SMILES string of the molecule is Cc1ccc(-c2[c-]cccc2)nc1.[2H]C([2H])(c1ccnc(-c2[c-]ccc3c2oc2cc4sc(C)cc4cc23)c1)C(C)(C)C.[Ir]. The summed E-state index contributed by atoms with van der Waals surface area (Å²) in [5.41, 5.74) is 6.29. The van der Waals surface area contributed by atoms with Gasteiger partial charge < -0.3 is 14.4 Å². The molecule has 0 saturated carbocycles. The van der Waals surface area contributed by atoms with Gasteiger partial charge in [-0.05, 0) is 72.2 Å². The van der Waals surface area contributed by atoms with Crippen molar-refractivity contribution in [2.75, 3.05) is 0 Å². The third-order valence-corrected chi connectivity index (χ3v) is 7.64. The van der Waals surface area contributed by atoms with Crippen molar-refractivity contribution >= 4 is 43.4 Å². The van der Waals surface area contributed by atoms with Crippen molar-refractivity contribution in [3.05, 3.63) is 119 Å². The third-order valence-electron chi connectivity index (χ3n) is 6.63. The van der Waals surface area contributed by atoms with Gasteiger partial charge in [0.2, 0.25) is 0 Å². The monoisotopic (exact) mass is 747 g/mol. The molecular weight excluding hydrogens is 713 g/mol. The molecule has 3 nitrogen and oxygen atoms in total. The van der Waals surface area contributed by atoms with Crippen LogP contribution in [0.4, 0.5) is 0 Å². The van der Waals surface area contributed by atoms with Crippen molar-refractivity contribution in [1.82, 2.24) is 9.97 Å². The first-order valence-corrected chi connectivity index (χ1v) is 14.5. The minimum atomic E-state index is -1.49. The van der Waals surface area contributed by atoms with Gasteiger partial charge in [-0.2, -0.15) is 0 Å². The Bertz CT molecular complexity index is 2060. The van der Waals surface area contributed by atoms with E-state index in [1.807, 2.05) is 82.4 Å². The van der Waals surface area contributed by atoms with Crippen molar-refractivity contribution in [1.29, 1.82) is 0 Å². The summed E-state index contributed by atoms with van der Waals surface area (Å²) >= 11 is 1.76. The summed E-state index contributed by atoms with van der Waals surface area (Å²) in [6, 6.07) is 32.3. The standard InChI is InChI=1S/C25H22NOS.C12H10N.Ir/c1-15-10-17-12-20-18-6-5-7-19(24(18)27-22(20)13-23(17)28-15)21-11-16(8-9-26-21)14-25(2,3)4;1-10-7-8-12(13-9-10)11-5-3-2-4-6-11;/h5-6,8-13H,14H2,1-4H3;2-5,7-9H,1H3;/q2*-1;/i14D2;;. The average Bonchev–Trinajstić information content (AvgIpc) is 3.54. The van der Waals surface area contributed by atoms with Gasteiger partial charge in [0.25, 0.3) is 0 Å².